The van der Waals surface area contributed by atoms with Gasteiger partial charge in [-0.2, -0.15) is 0 Å². The molecule has 0 saturated heterocycles. The lowest BCUT2D eigenvalue weighted by Gasteiger charge is -2.25. The van der Waals surface area contributed by atoms with E-state index in [2.05, 4.69) is 20.9 Å². The predicted molar refractivity (Wildman–Crippen MR) is 134 cm³/mol. The van der Waals surface area contributed by atoms with E-state index < -0.39 is 12.0 Å². The molecule has 0 radical (unpaired) electrons. The number of hydrogen-bond donors (Lipinski definition) is 0. The van der Waals surface area contributed by atoms with Crippen LogP contribution in [0.1, 0.15) is 31.0 Å². The van der Waals surface area contributed by atoms with Crippen molar-refractivity contribution in [3.05, 3.63) is 89.0 Å². The molecule has 1 atom stereocenters. The fourth-order valence-electron chi connectivity index (χ4n) is 3.90. The molecule has 1 aromatic heterocycles. The second kappa shape index (κ2) is 9.99. The average Bonchev–Trinajstić information content (AvgIpc) is 3.12. The molecule has 3 aromatic rings. The summed E-state index contributed by atoms with van der Waals surface area (Å²) in [5.74, 6) is 0.759. The first-order valence-corrected chi connectivity index (χ1v) is 12.2. The number of fused-ring (bicyclic) bond motifs is 1. The van der Waals surface area contributed by atoms with Crippen LogP contribution in [-0.2, 0) is 9.53 Å². The molecule has 7 nitrogen and oxygen atoms in total. The van der Waals surface area contributed by atoms with Gasteiger partial charge in [0.25, 0.3) is 5.56 Å². The summed E-state index contributed by atoms with van der Waals surface area (Å²) in [6.07, 6.45) is 1.80. The van der Waals surface area contributed by atoms with Crippen molar-refractivity contribution in [2.75, 3.05) is 20.8 Å². The summed E-state index contributed by atoms with van der Waals surface area (Å²) >= 11 is 4.75. The van der Waals surface area contributed by atoms with E-state index in [4.69, 9.17) is 14.2 Å². The minimum atomic E-state index is -0.726. The highest BCUT2D eigenvalue weighted by molar-refractivity contribution is 9.10. The molecular weight excluding hydrogens is 520 g/mol. The number of hydrogen-bond acceptors (Lipinski definition) is 7. The van der Waals surface area contributed by atoms with Crippen LogP contribution >= 0.6 is 27.3 Å². The van der Waals surface area contributed by atoms with Crippen LogP contribution in [0.2, 0.25) is 0 Å². The van der Waals surface area contributed by atoms with Gasteiger partial charge in [-0.25, -0.2) is 9.79 Å². The first kappa shape index (κ1) is 24.0. The molecule has 0 amide bonds. The van der Waals surface area contributed by atoms with Gasteiger partial charge in [0.1, 0.15) is 17.5 Å². The third-order valence-corrected chi connectivity index (χ3v) is 7.03. The molecule has 9 heteroatoms. The Hall–Kier alpha value is -3.17. The number of carbonyl (C=O) groups is 1. The van der Waals surface area contributed by atoms with E-state index in [1.54, 1.807) is 44.8 Å². The number of esters is 1. The quantitative estimate of drug-likeness (QED) is 0.445. The molecule has 0 unspecified atom stereocenters. The van der Waals surface area contributed by atoms with Crippen LogP contribution in [-0.4, -0.2) is 31.4 Å². The molecule has 2 aromatic carbocycles. The topological polar surface area (TPSA) is 79.1 Å². The third-order valence-electron chi connectivity index (χ3n) is 5.42. The van der Waals surface area contributed by atoms with Gasteiger partial charge in [-0.05, 0) is 59.6 Å². The zero-order valence-electron chi connectivity index (χ0n) is 19.1. The summed E-state index contributed by atoms with van der Waals surface area (Å²) in [5, 5.41) is 0. The lowest BCUT2D eigenvalue weighted by molar-refractivity contribution is -0.139. The number of rotatable bonds is 6. The molecule has 0 bridgehead atoms. The van der Waals surface area contributed by atoms with Crippen molar-refractivity contribution in [2.45, 2.75) is 19.9 Å². The Kier molecular flexibility index (Phi) is 7.04. The molecule has 0 fully saturated rings. The fraction of sp³-hybridized carbons (Fsp3) is 0.240. The van der Waals surface area contributed by atoms with E-state index >= 15 is 0 Å². The van der Waals surface area contributed by atoms with Crippen LogP contribution in [0.15, 0.2) is 68.0 Å². The van der Waals surface area contributed by atoms with Gasteiger partial charge in [0.15, 0.2) is 4.80 Å². The number of thiazole rings is 1. The predicted octanol–water partition coefficient (Wildman–Crippen LogP) is 3.58. The lowest BCUT2D eigenvalue weighted by atomic mass is 9.95. The van der Waals surface area contributed by atoms with E-state index in [1.165, 1.54) is 11.3 Å². The van der Waals surface area contributed by atoms with Crippen LogP contribution in [0.25, 0.3) is 6.08 Å². The number of aromatic nitrogens is 1. The minimum absolute atomic E-state index is 0.213. The molecule has 0 N–H and O–H groups in total. The molecule has 0 spiro atoms. The van der Waals surface area contributed by atoms with Crippen LogP contribution in [0.5, 0.6) is 11.5 Å². The average molecular weight is 543 g/mol. The summed E-state index contributed by atoms with van der Waals surface area (Å²) in [7, 11) is 3.16. The molecule has 4 rings (SSSR count). The SMILES string of the molecule is CCOC(=O)C1=C(C)N=c2s/c(=C/c3ccc(OC)c(Br)c3)c(=O)n2[C@H]1c1ccccc1OC. The van der Waals surface area contributed by atoms with Gasteiger partial charge in [-0.15, -0.1) is 0 Å². The Morgan fingerprint density at radius 3 is 2.59 bits per heavy atom. The highest BCUT2D eigenvalue weighted by atomic mass is 79.9. The Bertz CT molecular complexity index is 1470. The number of allylic oxidation sites excluding steroid dienone is 1. The van der Waals surface area contributed by atoms with Crippen molar-refractivity contribution in [3.63, 3.8) is 0 Å². The highest BCUT2D eigenvalue weighted by Gasteiger charge is 2.34. The smallest absolute Gasteiger partial charge is 0.338 e. The maximum atomic E-state index is 13.7. The van der Waals surface area contributed by atoms with Crippen LogP contribution in [0.4, 0.5) is 0 Å². The Morgan fingerprint density at radius 1 is 1.18 bits per heavy atom. The van der Waals surface area contributed by atoms with Gasteiger partial charge in [-0.1, -0.05) is 35.6 Å². The van der Waals surface area contributed by atoms with E-state index in [0.717, 1.165) is 10.0 Å². The van der Waals surface area contributed by atoms with Gasteiger partial charge in [0, 0.05) is 5.56 Å². The third kappa shape index (κ3) is 4.33. The number of methoxy groups -OCH3 is 2. The first-order chi connectivity index (χ1) is 16.4. The van der Waals surface area contributed by atoms with Gasteiger partial charge < -0.3 is 14.2 Å². The summed E-state index contributed by atoms with van der Waals surface area (Å²) in [5.41, 5.74) is 2.09. The van der Waals surface area contributed by atoms with Crippen LogP contribution in [0.3, 0.4) is 0 Å². The Balaban J connectivity index is 1.96. The second-order valence-electron chi connectivity index (χ2n) is 7.44. The number of para-hydroxylation sites is 1. The summed E-state index contributed by atoms with van der Waals surface area (Å²) in [6, 6.07) is 12.2. The summed E-state index contributed by atoms with van der Waals surface area (Å²) in [6.45, 7) is 3.71. The van der Waals surface area contributed by atoms with Gasteiger partial charge in [0.05, 0.1) is 41.1 Å². The normalized spacial score (nSPS) is 15.6. The van der Waals surface area contributed by atoms with Gasteiger partial charge in [-0.3, -0.25) is 9.36 Å². The summed E-state index contributed by atoms with van der Waals surface area (Å²) < 4.78 is 19.0. The van der Waals surface area contributed by atoms with E-state index in [-0.39, 0.29) is 12.2 Å². The maximum absolute atomic E-state index is 13.7. The largest absolute Gasteiger partial charge is 0.496 e. The second-order valence-corrected chi connectivity index (χ2v) is 9.30. The van der Waals surface area contributed by atoms with Crippen LogP contribution < -0.4 is 24.4 Å². The number of nitrogens with zero attached hydrogens (tertiary/aromatic N) is 2. The molecule has 1 aliphatic rings. The Labute approximate surface area is 208 Å². The van der Waals surface area contributed by atoms with Gasteiger partial charge in [0.2, 0.25) is 0 Å². The van der Waals surface area contributed by atoms with Crippen molar-refractivity contribution in [1.29, 1.82) is 0 Å². The van der Waals surface area contributed by atoms with Crippen molar-refractivity contribution in [3.8, 4) is 11.5 Å². The highest BCUT2D eigenvalue weighted by Crippen LogP contribution is 2.35. The maximum Gasteiger partial charge on any atom is 0.338 e. The number of ether oxygens (including phenoxy) is 3. The molecule has 1 aliphatic heterocycles. The number of carbonyl (C=O) groups excluding carboxylic acids is 1. The number of benzene rings is 2. The van der Waals surface area contributed by atoms with Gasteiger partial charge >= 0.3 is 5.97 Å². The molecule has 0 saturated carbocycles. The molecule has 176 valence electrons. The zero-order chi connectivity index (χ0) is 24.4. The van der Waals surface area contributed by atoms with Crippen molar-refractivity contribution in [1.82, 2.24) is 4.57 Å². The molecule has 34 heavy (non-hydrogen) atoms. The summed E-state index contributed by atoms with van der Waals surface area (Å²) in [4.78, 5) is 31.8. The van der Waals surface area contributed by atoms with Crippen molar-refractivity contribution < 1.29 is 19.0 Å². The van der Waals surface area contributed by atoms with E-state index in [9.17, 15) is 9.59 Å². The molecular formula is C25H23BrN2O5S. The molecule has 0 aliphatic carbocycles. The monoisotopic (exact) mass is 542 g/mol. The Morgan fingerprint density at radius 2 is 1.91 bits per heavy atom. The molecule has 2 heterocycles. The number of halogens is 1. The van der Waals surface area contributed by atoms with E-state index in [0.29, 0.717) is 37.7 Å². The van der Waals surface area contributed by atoms with Crippen molar-refractivity contribution >= 4 is 39.3 Å². The fourth-order valence-corrected chi connectivity index (χ4v) is 5.51. The van der Waals surface area contributed by atoms with Crippen LogP contribution in [0, 0.1) is 0 Å². The minimum Gasteiger partial charge on any atom is -0.496 e. The first-order valence-electron chi connectivity index (χ1n) is 10.6. The lowest BCUT2D eigenvalue weighted by Crippen LogP contribution is -2.40. The van der Waals surface area contributed by atoms with Crippen molar-refractivity contribution in [2.24, 2.45) is 4.99 Å². The van der Waals surface area contributed by atoms with E-state index in [1.807, 2.05) is 36.4 Å². The standard InChI is InChI=1S/C25H23BrN2O5S/c1-5-33-24(30)21-14(2)27-25-28(22(21)16-8-6-7-9-18(16)31-3)23(29)20(34-25)13-15-10-11-19(32-4)17(26)12-15/h6-13,22H,5H2,1-4H3/b20-13+/t22-/m0/s1. The zero-order valence-corrected chi connectivity index (χ0v) is 21.5.